The smallest absolute Gasteiger partial charge is 0.238 e. The fraction of sp³-hybridized carbons (Fsp3) is 0.200. The van der Waals surface area contributed by atoms with Crippen LogP contribution in [0, 0.1) is 18.3 Å². The Kier molecular flexibility index (Phi) is 3.49. The number of benzene rings is 1. The molecular weight excluding hydrogens is 200 g/mol. The molecule has 1 N–H and O–H groups in total. The second-order valence-electron chi connectivity index (χ2n) is 2.81. The number of hydrogen-bond donors (Lipinski definition) is 1. The number of nitrogens with one attached hydrogen (secondary N) is 1. The summed E-state index contributed by atoms with van der Waals surface area (Å²) in [6.07, 6.45) is -0.162. The van der Waals surface area contributed by atoms with Gasteiger partial charge in [0.2, 0.25) is 5.91 Å². The van der Waals surface area contributed by atoms with Crippen LogP contribution in [0.5, 0.6) is 0 Å². The van der Waals surface area contributed by atoms with Crippen LogP contribution in [-0.4, -0.2) is 5.91 Å². The third-order valence-electron chi connectivity index (χ3n) is 1.73. The van der Waals surface area contributed by atoms with E-state index < -0.39 is 0 Å². The van der Waals surface area contributed by atoms with E-state index in [2.05, 4.69) is 5.32 Å². The molecule has 0 heterocycles. The van der Waals surface area contributed by atoms with Gasteiger partial charge in [0.25, 0.3) is 0 Å². The van der Waals surface area contributed by atoms with Crippen LogP contribution < -0.4 is 5.32 Å². The van der Waals surface area contributed by atoms with Crippen LogP contribution in [0.15, 0.2) is 18.2 Å². The summed E-state index contributed by atoms with van der Waals surface area (Å²) >= 11 is 5.88. The molecule has 1 aromatic rings. The fourth-order valence-corrected chi connectivity index (χ4v) is 1.31. The van der Waals surface area contributed by atoms with Crippen molar-refractivity contribution in [3.63, 3.8) is 0 Å². The molecule has 1 amide bonds. The van der Waals surface area contributed by atoms with E-state index in [4.69, 9.17) is 16.9 Å². The molecule has 1 rings (SSSR count). The Bertz CT molecular complexity index is 375. The van der Waals surface area contributed by atoms with Crippen molar-refractivity contribution in [3.05, 3.63) is 28.8 Å². The molecule has 0 saturated carbocycles. The molecule has 0 atom stereocenters. The second kappa shape index (κ2) is 4.64. The largest absolute Gasteiger partial charge is 0.324 e. The summed E-state index contributed by atoms with van der Waals surface area (Å²) in [4.78, 5) is 11.1. The van der Waals surface area contributed by atoms with E-state index >= 15 is 0 Å². The number of hydrogen-bond acceptors (Lipinski definition) is 2. The van der Waals surface area contributed by atoms with Gasteiger partial charge in [0.05, 0.1) is 16.8 Å². The number of carbonyl (C=O) groups is 1. The number of rotatable bonds is 2. The molecule has 0 unspecified atom stereocenters. The lowest BCUT2D eigenvalue weighted by molar-refractivity contribution is -0.115. The van der Waals surface area contributed by atoms with Gasteiger partial charge in [-0.05, 0) is 18.6 Å². The molecular formula is C10H9ClN2O. The number of nitrogens with zero attached hydrogens (tertiary/aromatic N) is 1. The summed E-state index contributed by atoms with van der Waals surface area (Å²) < 4.78 is 0. The normalized spacial score (nSPS) is 9.21. The van der Waals surface area contributed by atoms with Gasteiger partial charge in [0.1, 0.15) is 6.42 Å². The molecule has 0 aliphatic carbocycles. The van der Waals surface area contributed by atoms with Gasteiger partial charge in [0, 0.05) is 0 Å². The molecule has 72 valence electrons. The highest BCUT2D eigenvalue weighted by Gasteiger charge is 2.07. The van der Waals surface area contributed by atoms with Crippen molar-refractivity contribution in [1.82, 2.24) is 0 Å². The number of halogens is 1. The first-order chi connectivity index (χ1) is 6.65. The second-order valence-corrected chi connectivity index (χ2v) is 3.22. The molecule has 0 radical (unpaired) electrons. The average Bonchev–Trinajstić information content (AvgIpc) is 2.12. The van der Waals surface area contributed by atoms with Gasteiger partial charge in [-0.15, -0.1) is 0 Å². The molecule has 0 aliphatic rings. The zero-order valence-electron chi connectivity index (χ0n) is 7.67. The van der Waals surface area contributed by atoms with Crippen molar-refractivity contribution in [2.45, 2.75) is 13.3 Å². The van der Waals surface area contributed by atoms with Crippen molar-refractivity contribution in [3.8, 4) is 6.07 Å². The fourth-order valence-electron chi connectivity index (χ4n) is 1.05. The first kappa shape index (κ1) is 10.6. The Balaban J connectivity index is 2.87. The monoisotopic (exact) mass is 208 g/mol. The zero-order chi connectivity index (χ0) is 10.6. The minimum absolute atomic E-state index is 0.162. The Labute approximate surface area is 87.3 Å². The van der Waals surface area contributed by atoms with Crippen LogP contribution in [-0.2, 0) is 4.79 Å². The molecule has 0 aliphatic heterocycles. The van der Waals surface area contributed by atoms with E-state index in [-0.39, 0.29) is 12.3 Å². The number of carbonyl (C=O) groups excluding carboxylic acids is 1. The molecule has 3 nitrogen and oxygen atoms in total. The van der Waals surface area contributed by atoms with Crippen molar-refractivity contribution in [1.29, 1.82) is 5.26 Å². The first-order valence-electron chi connectivity index (χ1n) is 4.07. The van der Waals surface area contributed by atoms with Crippen LogP contribution >= 0.6 is 11.6 Å². The molecule has 0 spiro atoms. The highest BCUT2D eigenvalue weighted by atomic mass is 35.5. The van der Waals surface area contributed by atoms with Crippen molar-refractivity contribution < 1.29 is 4.79 Å². The number of nitriles is 1. The van der Waals surface area contributed by atoms with E-state index in [1.54, 1.807) is 18.2 Å². The van der Waals surface area contributed by atoms with Gasteiger partial charge in [-0.25, -0.2) is 0 Å². The lowest BCUT2D eigenvalue weighted by Gasteiger charge is -2.08. The minimum Gasteiger partial charge on any atom is -0.324 e. The molecule has 0 saturated heterocycles. The highest BCUT2D eigenvalue weighted by Crippen LogP contribution is 2.25. The van der Waals surface area contributed by atoms with Gasteiger partial charge in [-0.3, -0.25) is 4.79 Å². The molecule has 4 heteroatoms. The van der Waals surface area contributed by atoms with E-state index in [0.29, 0.717) is 10.7 Å². The summed E-state index contributed by atoms with van der Waals surface area (Å²) in [5.74, 6) is -0.344. The quantitative estimate of drug-likeness (QED) is 0.812. The maximum atomic E-state index is 11.1. The first-order valence-corrected chi connectivity index (χ1v) is 4.45. The molecule has 0 aromatic heterocycles. The van der Waals surface area contributed by atoms with Gasteiger partial charge in [-0.2, -0.15) is 5.26 Å². The topological polar surface area (TPSA) is 52.9 Å². The third kappa shape index (κ3) is 2.48. The predicted molar refractivity (Wildman–Crippen MR) is 55.0 cm³/mol. The number of amides is 1. The van der Waals surface area contributed by atoms with E-state index in [1.165, 1.54) is 0 Å². The molecule has 0 fully saturated rings. The van der Waals surface area contributed by atoms with Crippen LogP contribution in [0.4, 0.5) is 5.69 Å². The summed E-state index contributed by atoms with van der Waals surface area (Å²) in [5, 5.41) is 11.4. The van der Waals surface area contributed by atoms with Crippen LogP contribution in [0.3, 0.4) is 0 Å². The molecule has 1 aromatic carbocycles. The summed E-state index contributed by atoms with van der Waals surface area (Å²) in [7, 11) is 0. The van der Waals surface area contributed by atoms with E-state index in [9.17, 15) is 4.79 Å². The van der Waals surface area contributed by atoms with Crippen molar-refractivity contribution >= 4 is 23.2 Å². The number of anilines is 1. The summed E-state index contributed by atoms with van der Waals surface area (Å²) in [6.45, 7) is 1.84. The van der Waals surface area contributed by atoms with Crippen molar-refractivity contribution in [2.24, 2.45) is 0 Å². The standard InChI is InChI=1S/C10H9ClN2O/c1-7-3-2-4-8(11)10(7)13-9(14)5-6-12/h2-4H,5H2,1H3,(H,13,14). The Morgan fingerprint density at radius 2 is 2.36 bits per heavy atom. The zero-order valence-corrected chi connectivity index (χ0v) is 8.43. The van der Waals surface area contributed by atoms with Crippen LogP contribution in [0.25, 0.3) is 0 Å². The Hall–Kier alpha value is -1.53. The van der Waals surface area contributed by atoms with Gasteiger partial charge in [-0.1, -0.05) is 23.7 Å². The van der Waals surface area contributed by atoms with Crippen molar-refractivity contribution in [2.75, 3.05) is 5.32 Å². The molecule has 0 bridgehead atoms. The van der Waals surface area contributed by atoms with Crippen LogP contribution in [0.2, 0.25) is 5.02 Å². The lowest BCUT2D eigenvalue weighted by Crippen LogP contribution is -2.11. The lowest BCUT2D eigenvalue weighted by atomic mass is 10.2. The average molecular weight is 209 g/mol. The van der Waals surface area contributed by atoms with E-state index in [1.807, 2.05) is 13.0 Å². The van der Waals surface area contributed by atoms with E-state index in [0.717, 1.165) is 5.56 Å². The van der Waals surface area contributed by atoms with Gasteiger partial charge < -0.3 is 5.32 Å². The minimum atomic E-state index is -0.344. The maximum absolute atomic E-state index is 11.1. The molecule has 14 heavy (non-hydrogen) atoms. The Morgan fingerprint density at radius 3 is 2.93 bits per heavy atom. The highest BCUT2D eigenvalue weighted by molar-refractivity contribution is 6.33. The van der Waals surface area contributed by atoms with Gasteiger partial charge in [0.15, 0.2) is 0 Å². The predicted octanol–water partition coefficient (Wildman–Crippen LogP) is 2.50. The Morgan fingerprint density at radius 1 is 1.64 bits per heavy atom. The summed E-state index contributed by atoms with van der Waals surface area (Å²) in [5.41, 5.74) is 1.46. The maximum Gasteiger partial charge on any atom is 0.238 e. The third-order valence-corrected chi connectivity index (χ3v) is 2.04. The summed E-state index contributed by atoms with van der Waals surface area (Å²) in [6, 6.07) is 7.11. The number of aryl methyl sites for hydroxylation is 1. The SMILES string of the molecule is Cc1cccc(Cl)c1NC(=O)CC#N. The van der Waals surface area contributed by atoms with Gasteiger partial charge >= 0.3 is 0 Å². The van der Waals surface area contributed by atoms with Crippen LogP contribution in [0.1, 0.15) is 12.0 Å². The number of para-hydroxylation sites is 1.